The molecule has 3 nitrogen and oxygen atoms in total. The molecule has 4 heteroatoms. The van der Waals surface area contributed by atoms with Crippen molar-refractivity contribution in [1.29, 1.82) is 0 Å². The molecule has 0 unspecified atom stereocenters. The Kier molecular flexibility index (Phi) is 5.07. The lowest BCUT2D eigenvalue weighted by Gasteiger charge is -2.04. The van der Waals surface area contributed by atoms with E-state index in [1.54, 1.807) is 18.4 Å². The van der Waals surface area contributed by atoms with Crippen LogP contribution in [0.15, 0.2) is 23.6 Å². The van der Waals surface area contributed by atoms with Crippen LogP contribution in [0, 0.1) is 13.8 Å². The number of aromatic nitrogens is 1. The fraction of sp³-hybridized carbons (Fsp3) is 0.400. The molecule has 19 heavy (non-hydrogen) atoms. The molecule has 0 aliphatic rings. The molecular formula is C15H20N2OS. The number of benzene rings is 1. The van der Waals surface area contributed by atoms with E-state index in [0.29, 0.717) is 0 Å². The van der Waals surface area contributed by atoms with Crippen molar-refractivity contribution < 1.29 is 4.74 Å². The normalized spacial score (nSPS) is 10.9. The monoisotopic (exact) mass is 276 g/mol. The average molecular weight is 276 g/mol. The highest BCUT2D eigenvalue weighted by molar-refractivity contribution is 7.09. The number of nitrogens with one attached hydrogen (secondary N) is 1. The Morgan fingerprint density at radius 2 is 2.16 bits per heavy atom. The fourth-order valence-corrected chi connectivity index (χ4v) is 2.66. The van der Waals surface area contributed by atoms with Crippen LogP contribution in [0.25, 0.3) is 11.3 Å². The zero-order valence-corrected chi connectivity index (χ0v) is 12.5. The number of ether oxygens (including phenoxy) is 1. The summed E-state index contributed by atoms with van der Waals surface area (Å²) in [7, 11) is 1.71. The lowest BCUT2D eigenvalue weighted by molar-refractivity contribution is 0.199. The molecule has 1 aromatic heterocycles. The molecule has 1 aromatic carbocycles. The zero-order chi connectivity index (χ0) is 13.7. The van der Waals surface area contributed by atoms with Gasteiger partial charge < -0.3 is 10.1 Å². The molecule has 102 valence electrons. The second-order valence-electron chi connectivity index (χ2n) is 4.61. The van der Waals surface area contributed by atoms with Crippen LogP contribution in [0.5, 0.6) is 0 Å². The maximum absolute atomic E-state index is 5.00. The van der Waals surface area contributed by atoms with Gasteiger partial charge in [0.25, 0.3) is 0 Å². The van der Waals surface area contributed by atoms with Gasteiger partial charge in [-0.05, 0) is 25.5 Å². The van der Waals surface area contributed by atoms with Crippen molar-refractivity contribution in [1.82, 2.24) is 10.3 Å². The maximum Gasteiger partial charge on any atom is 0.107 e. The number of nitrogens with zero attached hydrogens (tertiary/aromatic N) is 1. The van der Waals surface area contributed by atoms with Crippen LogP contribution in [0.4, 0.5) is 0 Å². The molecule has 0 saturated heterocycles. The highest BCUT2D eigenvalue weighted by Crippen LogP contribution is 2.26. The van der Waals surface area contributed by atoms with Gasteiger partial charge >= 0.3 is 0 Å². The minimum Gasteiger partial charge on any atom is -0.383 e. The molecular weight excluding hydrogens is 256 g/mol. The molecule has 0 fully saturated rings. The number of aryl methyl sites for hydroxylation is 2. The summed E-state index contributed by atoms with van der Waals surface area (Å²) in [5, 5.41) is 6.57. The van der Waals surface area contributed by atoms with Gasteiger partial charge in [-0.15, -0.1) is 11.3 Å². The van der Waals surface area contributed by atoms with E-state index in [9.17, 15) is 0 Å². The Labute approximate surface area is 118 Å². The fourth-order valence-electron chi connectivity index (χ4n) is 1.90. The largest absolute Gasteiger partial charge is 0.383 e. The standard InChI is InChI=1S/C15H20N2OS/c1-11-4-5-12(2)13(8-11)14-10-19-15(17-14)9-16-6-7-18-3/h4-5,8,10,16H,6-7,9H2,1-3H3. The van der Waals surface area contributed by atoms with E-state index in [1.807, 2.05) is 0 Å². The summed E-state index contributed by atoms with van der Waals surface area (Å²) in [6, 6.07) is 6.49. The third-order valence-corrected chi connectivity index (χ3v) is 3.83. The number of methoxy groups -OCH3 is 1. The summed E-state index contributed by atoms with van der Waals surface area (Å²) in [6.45, 7) is 6.64. The molecule has 0 atom stereocenters. The molecule has 1 heterocycles. The molecule has 0 aliphatic heterocycles. The first-order chi connectivity index (χ1) is 9.20. The summed E-state index contributed by atoms with van der Waals surface area (Å²) >= 11 is 1.70. The highest BCUT2D eigenvalue weighted by atomic mass is 32.1. The van der Waals surface area contributed by atoms with Crippen molar-refractivity contribution in [3.63, 3.8) is 0 Å². The van der Waals surface area contributed by atoms with Crippen molar-refractivity contribution >= 4 is 11.3 Å². The Bertz CT molecular complexity index is 537. The summed E-state index contributed by atoms with van der Waals surface area (Å²) in [5.41, 5.74) is 4.86. The van der Waals surface area contributed by atoms with Crippen molar-refractivity contribution in [2.75, 3.05) is 20.3 Å². The van der Waals surface area contributed by atoms with Gasteiger partial charge in [0.05, 0.1) is 12.3 Å². The van der Waals surface area contributed by atoms with E-state index < -0.39 is 0 Å². The van der Waals surface area contributed by atoms with Crippen molar-refractivity contribution in [3.8, 4) is 11.3 Å². The van der Waals surface area contributed by atoms with E-state index >= 15 is 0 Å². The van der Waals surface area contributed by atoms with Gasteiger partial charge in [-0.2, -0.15) is 0 Å². The quantitative estimate of drug-likeness (QED) is 0.823. The predicted octanol–water partition coefficient (Wildman–Crippen LogP) is 3.16. The summed E-state index contributed by atoms with van der Waals surface area (Å²) < 4.78 is 5.00. The molecule has 2 rings (SSSR count). The maximum atomic E-state index is 5.00. The van der Waals surface area contributed by atoms with Crippen LogP contribution >= 0.6 is 11.3 Å². The molecule has 1 N–H and O–H groups in total. The molecule has 0 aliphatic carbocycles. The SMILES string of the molecule is COCCNCc1nc(-c2cc(C)ccc2C)cs1. The molecule has 0 amide bonds. The van der Waals surface area contributed by atoms with Crippen LogP contribution in [0.1, 0.15) is 16.1 Å². The van der Waals surface area contributed by atoms with Crippen molar-refractivity contribution in [3.05, 3.63) is 39.7 Å². The van der Waals surface area contributed by atoms with Gasteiger partial charge in [0.15, 0.2) is 0 Å². The summed E-state index contributed by atoms with van der Waals surface area (Å²) in [6.07, 6.45) is 0. The average Bonchev–Trinajstić information content (AvgIpc) is 2.86. The lowest BCUT2D eigenvalue weighted by atomic mass is 10.0. The molecule has 2 aromatic rings. The number of hydrogen-bond acceptors (Lipinski definition) is 4. The Morgan fingerprint density at radius 3 is 2.95 bits per heavy atom. The minimum absolute atomic E-state index is 0.731. The summed E-state index contributed by atoms with van der Waals surface area (Å²) in [5.74, 6) is 0. The predicted molar refractivity (Wildman–Crippen MR) is 80.6 cm³/mol. The molecule has 0 bridgehead atoms. The van der Waals surface area contributed by atoms with Crippen molar-refractivity contribution in [2.24, 2.45) is 0 Å². The second kappa shape index (κ2) is 6.80. The van der Waals surface area contributed by atoms with Crippen LogP contribution in [0.2, 0.25) is 0 Å². The van der Waals surface area contributed by atoms with Gasteiger partial charge in [-0.25, -0.2) is 4.98 Å². The van der Waals surface area contributed by atoms with Crippen LogP contribution < -0.4 is 5.32 Å². The number of thiazole rings is 1. The van der Waals surface area contributed by atoms with Gasteiger partial charge in [-0.1, -0.05) is 17.7 Å². The molecule has 0 saturated carbocycles. The molecule has 0 spiro atoms. The topological polar surface area (TPSA) is 34.1 Å². The van der Waals surface area contributed by atoms with E-state index in [4.69, 9.17) is 9.72 Å². The molecule has 0 radical (unpaired) electrons. The smallest absolute Gasteiger partial charge is 0.107 e. The summed E-state index contributed by atoms with van der Waals surface area (Å²) in [4.78, 5) is 4.70. The van der Waals surface area contributed by atoms with E-state index in [2.05, 4.69) is 42.7 Å². The van der Waals surface area contributed by atoms with Crippen LogP contribution in [-0.2, 0) is 11.3 Å². The van der Waals surface area contributed by atoms with E-state index in [-0.39, 0.29) is 0 Å². The third kappa shape index (κ3) is 3.86. The first-order valence-electron chi connectivity index (χ1n) is 6.42. The van der Waals surface area contributed by atoms with Gasteiger partial charge in [0.1, 0.15) is 5.01 Å². The first kappa shape index (κ1) is 14.2. The van der Waals surface area contributed by atoms with Gasteiger partial charge in [0, 0.05) is 31.1 Å². The van der Waals surface area contributed by atoms with E-state index in [1.165, 1.54) is 16.7 Å². The van der Waals surface area contributed by atoms with Gasteiger partial charge in [0.2, 0.25) is 0 Å². The Hall–Kier alpha value is -1.23. The Balaban J connectivity index is 2.06. The zero-order valence-electron chi connectivity index (χ0n) is 11.7. The second-order valence-corrected chi connectivity index (χ2v) is 5.56. The first-order valence-corrected chi connectivity index (χ1v) is 7.30. The van der Waals surface area contributed by atoms with Crippen molar-refractivity contribution in [2.45, 2.75) is 20.4 Å². The Morgan fingerprint density at radius 1 is 1.32 bits per heavy atom. The third-order valence-electron chi connectivity index (χ3n) is 2.98. The van der Waals surface area contributed by atoms with Crippen LogP contribution in [-0.4, -0.2) is 25.2 Å². The van der Waals surface area contributed by atoms with Gasteiger partial charge in [-0.3, -0.25) is 0 Å². The van der Waals surface area contributed by atoms with E-state index in [0.717, 1.165) is 30.4 Å². The number of rotatable bonds is 6. The lowest BCUT2D eigenvalue weighted by Crippen LogP contribution is -2.18. The highest BCUT2D eigenvalue weighted by Gasteiger charge is 2.07. The minimum atomic E-state index is 0.731. The van der Waals surface area contributed by atoms with Crippen LogP contribution in [0.3, 0.4) is 0 Å². The number of hydrogen-bond donors (Lipinski definition) is 1.